The molecule has 0 saturated heterocycles. The summed E-state index contributed by atoms with van der Waals surface area (Å²) in [5.74, 6) is -3.78. The third kappa shape index (κ3) is 2.00. The molecule has 0 saturated carbocycles. The Kier molecular flexibility index (Phi) is 3.13. The molecule has 4 nitrogen and oxygen atoms in total. The van der Waals surface area contributed by atoms with Crippen LogP contribution in [0.1, 0.15) is 22.3 Å². The number of rotatable bonds is 3. The van der Waals surface area contributed by atoms with E-state index in [0.29, 0.717) is 6.20 Å². The van der Waals surface area contributed by atoms with Crippen molar-refractivity contribution in [3.63, 3.8) is 0 Å². The van der Waals surface area contributed by atoms with Crippen LogP contribution in [0.3, 0.4) is 0 Å². The number of nitrogens with zero attached hydrogens (tertiary/aromatic N) is 1. The third-order valence-corrected chi connectivity index (χ3v) is 1.67. The maximum absolute atomic E-state index is 13.2. The van der Waals surface area contributed by atoms with Gasteiger partial charge in [-0.25, -0.2) is 22.9 Å². The monoisotopic (exact) mass is 221 g/mol. The Morgan fingerprint density at radius 2 is 2.20 bits per heavy atom. The number of carbonyl (C=O) groups is 1. The van der Waals surface area contributed by atoms with E-state index in [9.17, 15) is 18.0 Å². The second-order valence-corrected chi connectivity index (χ2v) is 2.51. The van der Waals surface area contributed by atoms with Gasteiger partial charge in [-0.2, -0.15) is 0 Å². The Balaban J connectivity index is 3.44. The molecule has 0 aliphatic heterocycles. The van der Waals surface area contributed by atoms with Crippen molar-refractivity contribution in [3.8, 4) is 5.88 Å². The van der Waals surface area contributed by atoms with Crippen molar-refractivity contribution in [3.05, 3.63) is 23.1 Å². The van der Waals surface area contributed by atoms with Crippen molar-refractivity contribution in [2.75, 3.05) is 7.11 Å². The minimum absolute atomic E-state index is 0.631. The number of hydrogen-bond acceptors (Lipinski definition) is 3. The second-order valence-electron chi connectivity index (χ2n) is 2.51. The Bertz CT molecular complexity index is 395. The highest BCUT2D eigenvalue weighted by Gasteiger charge is 2.26. The lowest BCUT2D eigenvalue weighted by Crippen LogP contribution is -2.08. The number of carboxylic acid groups (broad SMARTS) is 1. The van der Waals surface area contributed by atoms with Crippen molar-refractivity contribution in [2.24, 2.45) is 0 Å². The largest absolute Gasteiger partial charge is 0.479 e. The summed E-state index contributed by atoms with van der Waals surface area (Å²) in [6, 6.07) is 0. The highest BCUT2D eigenvalue weighted by Crippen LogP contribution is 2.29. The van der Waals surface area contributed by atoms with Gasteiger partial charge in [-0.1, -0.05) is 0 Å². The van der Waals surface area contributed by atoms with Gasteiger partial charge in [-0.3, -0.25) is 0 Å². The summed E-state index contributed by atoms with van der Waals surface area (Å²) in [5.41, 5.74) is -2.09. The average Bonchev–Trinajstić information content (AvgIpc) is 2.16. The lowest BCUT2D eigenvalue weighted by Gasteiger charge is -2.08. The van der Waals surface area contributed by atoms with Gasteiger partial charge >= 0.3 is 5.97 Å². The van der Waals surface area contributed by atoms with Gasteiger partial charge in [0.1, 0.15) is 0 Å². The molecule has 0 aliphatic rings. The average molecular weight is 221 g/mol. The molecule has 15 heavy (non-hydrogen) atoms. The molecule has 0 fully saturated rings. The summed E-state index contributed by atoms with van der Waals surface area (Å²) < 4.78 is 42.3. The number of carboxylic acids is 1. The van der Waals surface area contributed by atoms with Gasteiger partial charge in [-0.05, 0) is 0 Å². The van der Waals surface area contributed by atoms with Crippen molar-refractivity contribution in [1.82, 2.24) is 4.98 Å². The van der Waals surface area contributed by atoms with Gasteiger partial charge in [0.25, 0.3) is 12.3 Å². The van der Waals surface area contributed by atoms with Crippen LogP contribution in [0, 0.1) is 5.82 Å². The van der Waals surface area contributed by atoms with Crippen LogP contribution in [-0.4, -0.2) is 23.2 Å². The number of ether oxygens (including phenoxy) is 1. The number of halogens is 3. The summed E-state index contributed by atoms with van der Waals surface area (Å²) in [4.78, 5) is 13.7. The first-order chi connectivity index (χ1) is 6.99. The normalized spacial score (nSPS) is 10.5. The minimum atomic E-state index is -3.24. The number of alkyl halides is 2. The predicted molar refractivity (Wildman–Crippen MR) is 42.7 cm³/mol. The van der Waals surface area contributed by atoms with Gasteiger partial charge in [0.15, 0.2) is 5.82 Å². The summed E-state index contributed by atoms with van der Waals surface area (Å²) in [6.45, 7) is 0. The lowest BCUT2D eigenvalue weighted by atomic mass is 10.1. The van der Waals surface area contributed by atoms with Crippen LogP contribution >= 0.6 is 0 Å². The molecular formula is C8H6F3NO3. The van der Waals surface area contributed by atoms with Crippen LogP contribution < -0.4 is 4.74 Å². The van der Waals surface area contributed by atoms with Gasteiger partial charge in [0.2, 0.25) is 0 Å². The third-order valence-electron chi connectivity index (χ3n) is 1.67. The van der Waals surface area contributed by atoms with Crippen molar-refractivity contribution >= 4 is 5.97 Å². The standard InChI is InChI=1S/C8H6F3NO3/c1-15-7-5(9)4(6(10)11)3(2-12-7)8(13)14/h2,6H,1H3,(H,13,14). The van der Waals surface area contributed by atoms with E-state index in [1.165, 1.54) is 0 Å². The van der Waals surface area contributed by atoms with Crippen LogP contribution in [0.5, 0.6) is 5.88 Å². The van der Waals surface area contributed by atoms with Crippen LogP contribution in [0.15, 0.2) is 6.20 Å². The molecule has 0 aromatic carbocycles. The van der Waals surface area contributed by atoms with Gasteiger partial charge in [0.05, 0.1) is 18.2 Å². The molecule has 1 N–H and O–H groups in total. The Morgan fingerprint density at radius 1 is 1.60 bits per heavy atom. The second kappa shape index (κ2) is 4.16. The van der Waals surface area contributed by atoms with E-state index in [1.54, 1.807) is 0 Å². The van der Waals surface area contributed by atoms with Gasteiger partial charge in [0, 0.05) is 6.20 Å². The van der Waals surface area contributed by atoms with Crippen molar-refractivity contribution < 1.29 is 27.8 Å². The summed E-state index contributed by atoms with van der Waals surface area (Å²) >= 11 is 0. The van der Waals surface area contributed by atoms with Crippen LogP contribution in [0.4, 0.5) is 13.2 Å². The number of hydrogen-bond donors (Lipinski definition) is 1. The Labute approximate surface area is 82.3 Å². The smallest absolute Gasteiger partial charge is 0.337 e. The van der Waals surface area contributed by atoms with Gasteiger partial charge in [-0.15, -0.1) is 0 Å². The van der Waals surface area contributed by atoms with E-state index < -0.39 is 35.2 Å². The molecule has 0 unspecified atom stereocenters. The van der Waals surface area contributed by atoms with E-state index in [2.05, 4.69) is 9.72 Å². The first-order valence-electron chi connectivity index (χ1n) is 3.72. The molecule has 82 valence electrons. The summed E-state index contributed by atoms with van der Waals surface area (Å²) in [6.07, 6.45) is -2.61. The topological polar surface area (TPSA) is 59.4 Å². The first-order valence-corrected chi connectivity index (χ1v) is 3.72. The van der Waals surface area contributed by atoms with E-state index in [1.807, 2.05) is 0 Å². The van der Waals surface area contributed by atoms with Crippen molar-refractivity contribution in [2.45, 2.75) is 6.43 Å². The molecular weight excluding hydrogens is 215 g/mol. The fourth-order valence-electron chi connectivity index (χ4n) is 1.01. The van der Waals surface area contributed by atoms with Crippen LogP contribution in [0.25, 0.3) is 0 Å². The number of aromatic carboxylic acids is 1. The molecule has 0 aliphatic carbocycles. The van der Waals surface area contributed by atoms with E-state index in [-0.39, 0.29) is 0 Å². The fourth-order valence-corrected chi connectivity index (χ4v) is 1.01. The molecule has 0 spiro atoms. The predicted octanol–water partition coefficient (Wildman–Crippen LogP) is 1.87. The summed E-state index contributed by atoms with van der Waals surface area (Å²) in [7, 11) is 1.04. The highest BCUT2D eigenvalue weighted by molar-refractivity contribution is 5.89. The van der Waals surface area contributed by atoms with Gasteiger partial charge < -0.3 is 9.84 Å². The molecule has 0 bridgehead atoms. The lowest BCUT2D eigenvalue weighted by molar-refractivity contribution is 0.0681. The Hall–Kier alpha value is -1.79. The maximum atomic E-state index is 13.2. The maximum Gasteiger partial charge on any atom is 0.337 e. The molecule has 1 aromatic heterocycles. The molecule has 0 amide bonds. The van der Waals surface area contributed by atoms with E-state index >= 15 is 0 Å². The highest BCUT2D eigenvalue weighted by atomic mass is 19.3. The SMILES string of the molecule is COc1ncc(C(=O)O)c(C(F)F)c1F. The molecule has 1 aromatic rings. The fraction of sp³-hybridized carbons (Fsp3) is 0.250. The molecule has 7 heteroatoms. The van der Waals surface area contributed by atoms with E-state index in [0.717, 1.165) is 7.11 Å². The summed E-state index contributed by atoms with van der Waals surface area (Å²) in [5, 5.41) is 8.52. The zero-order valence-electron chi connectivity index (χ0n) is 7.50. The van der Waals surface area contributed by atoms with Crippen LogP contribution in [0.2, 0.25) is 0 Å². The van der Waals surface area contributed by atoms with E-state index in [4.69, 9.17) is 5.11 Å². The molecule has 1 heterocycles. The number of methoxy groups -OCH3 is 1. The molecule has 0 atom stereocenters. The zero-order chi connectivity index (χ0) is 11.6. The number of aromatic nitrogens is 1. The first kappa shape index (κ1) is 11.3. The van der Waals surface area contributed by atoms with Crippen molar-refractivity contribution in [1.29, 1.82) is 0 Å². The zero-order valence-corrected chi connectivity index (χ0v) is 7.50. The molecule has 0 radical (unpaired) electrons. The molecule has 1 rings (SSSR count). The van der Waals surface area contributed by atoms with Crippen LogP contribution in [-0.2, 0) is 0 Å². The minimum Gasteiger partial charge on any atom is -0.479 e. The Morgan fingerprint density at radius 3 is 2.60 bits per heavy atom. The quantitative estimate of drug-likeness (QED) is 0.846. The number of pyridine rings is 1.